The average molecular weight is 246 g/mol. The summed E-state index contributed by atoms with van der Waals surface area (Å²) in [6, 6.07) is 4.44. The number of hydrogen-bond donors (Lipinski definition) is 3. The number of phosphoric ester groups is 1. The molecule has 0 aliphatic carbocycles. The number of rotatable bonds is 2. The zero-order valence-electron chi connectivity index (χ0n) is 9.34. The van der Waals surface area contributed by atoms with Crippen LogP contribution in [0.2, 0.25) is 0 Å². The first-order chi connectivity index (χ1) is 7.09. The predicted octanol–water partition coefficient (Wildman–Crippen LogP) is 2.16. The molecule has 0 aliphatic rings. The van der Waals surface area contributed by atoms with Crippen molar-refractivity contribution < 1.29 is 24.0 Å². The maximum absolute atomic E-state index is 10.6. The van der Waals surface area contributed by atoms with Crippen LogP contribution >= 0.6 is 7.82 Å². The summed E-state index contributed by atoms with van der Waals surface area (Å²) >= 11 is 0. The minimum Gasteiger partial charge on any atom is -0.504 e. The molecule has 0 spiro atoms. The highest BCUT2D eigenvalue weighted by molar-refractivity contribution is 7.46. The van der Waals surface area contributed by atoms with Gasteiger partial charge in [-0.25, -0.2) is 4.57 Å². The Morgan fingerprint density at radius 2 is 1.81 bits per heavy atom. The molecule has 16 heavy (non-hydrogen) atoms. The zero-order chi connectivity index (χ0) is 12.6. The molecule has 0 aromatic heterocycles. The summed E-state index contributed by atoms with van der Waals surface area (Å²) < 4.78 is 14.9. The number of phenolic OH excluding ortho intramolecular Hbond substituents is 1. The van der Waals surface area contributed by atoms with E-state index in [1.165, 1.54) is 12.1 Å². The Labute approximate surface area is 93.9 Å². The first-order valence-electron chi connectivity index (χ1n) is 4.68. The van der Waals surface area contributed by atoms with Gasteiger partial charge in [0.05, 0.1) is 0 Å². The number of phosphoric acid groups is 1. The fraction of sp³-hybridized carbons (Fsp3) is 0.400. The van der Waals surface area contributed by atoms with Gasteiger partial charge in [-0.1, -0.05) is 26.8 Å². The van der Waals surface area contributed by atoms with Crippen molar-refractivity contribution in [2.45, 2.75) is 26.2 Å². The normalized spacial score (nSPS) is 12.6. The van der Waals surface area contributed by atoms with Crippen molar-refractivity contribution in [3.05, 3.63) is 23.8 Å². The SMILES string of the molecule is CC(C)(C)c1ccc(OP(=O)(O)O)c(O)c1. The zero-order valence-corrected chi connectivity index (χ0v) is 10.2. The fourth-order valence-electron chi connectivity index (χ4n) is 1.19. The largest absolute Gasteiger partial charge is 0.524 e. The third-order valence-corrected chi connectivity index (χ3v) is 2.48. The minimum absolute atomic E-state index is 0.155. The van der Waals surface area contributed by atoms with E-state index in [0.29, 0.717) is 0 Å². The molecule has 0 heterocycles. The monoisotopic (exact) mass is 246 g/mol. The van der Waals surface area contributed by atoms with Gasteiger partial charge in [0.2, 0.25) is 0 Å². The number of phenols is 1. The molecule has 0 bridgehead atoms. The molecule has 0 saturated carbocycles. The van der Waals surface area contributed by atoms with Crippen LogP contribution in [0.15, 0.2) is 18.2 Å². The summed E-state index contributed by atoms with van der Waals surface area (Å²) in [5, 5.41) is 9.55. The molecule has 6 heteroatoms. The summed E-state index contributed by atoms with van der Waals surface area (Å²) in [4.78, 5) is 17.2. The molecule has 1 aromatic carbocycles. The van der Waals surface area contributed by atoms with E-state index in [2.05, 4.69) is 4.52 Å². The molecule has 0 radical (unpaired) electrons. The number of benzene rings is 1. The first-order valence-corrected chi connectivity index (χ1v) is 6.21. The van der Waals surface area contributed by atoms with Crippen LogP contribution in [0.25, 0.3) is 0 Å². The molecule has 0 unspecified atom stereocenters. The molecule has 1 rings (SSSR count). The third kappa shape index (κ3) is 3.52. The highest BCUT2D eigenvalue weighted by Gasteiger charge is 2.20. The summed E-state index contributed by atoms with van der Waals surface area (Å²) in [6.07, 6.45) is 0. The lowest BCUT2D eigenvalue weighted by molar-refractivity contribution is 0.277. The van der Waals surface area contributed by atoms with Crippen LogP contribution < -0.4 is 4.52 Å². The van der Waals surface area contributed by atoms with Gasteiger partial charge in [0, 0.05) is 0 Å². The second-order valence-corrected chi connectivity index (χ2v) is 5.68. The van der Waals surface area contributed by atoms with E-state index < -0.39 is 7.82 Å². The Morgan fingerprint density at radius 1 is 1.25 bits per heavy atom. The lowest BCUT2D eigenvalue weighted by atomic mass is 9.87. The van der Waals surface area contributed by atoms with E-state index in [9.17, 15) is 9.67 Å². The molecule has 5 nitrogen and oxygen atoms in total. The van der Waals surface area contributed by atoms with Crippen LogP contribution in [0.3, 0.4) is 0 Å². The highest BCUT2D eigenvalue weighted by Crippen LogP contribution is 2.42. The molecular weight excluding hydrogens is 231 g/mol. The Bertz CT molecular complexity index is 429. The van der Waals surface area contributed by atoms with Crippen LogP contribution in [0.1, 0.15) is 26.3 Å². The summed E-state index contributed by atoms with van der Waals surface area (Å²) in [6.45, 7) is 5.89. The molecule has 0 fully saturated rings. The van der Waals surface area contributed by atoms with E-state index in [4.69, 9.17) is 9.79 Å². The van der Waals surface area contributed by atoms with E-state index in [0.717, 1.165) is 5.56 Å². The second-order valence-electron chi connectivity index (χ2n) is 4.51. The van der Waals surface area contributed by atoms with Crippen LogP contribution in [0, 0.1) is 0 Å². The van der Waals surface area contributed by atoms with Crippen LogP contribution in [0.5, 0.6) is 11.5 Å². The number of hydrogen-bond acceptors (Lipinski definition) is 3. The number of aromatic hydroxyl groups is 1. The Hall–Kier alpha value is -1.03. The minimum atomic E-state index is -4.63. The van der Waals surface area contributed by atoms with Gasteiger partial charge in [-0.3, -0.25) is 9.79 Å². The van der Waals surface area contributed by atoms with Crippen molar-refractivity contribution in [1.82, 2.24) is 0 Å². The van der Waals surface area contributed by atoms with Gasteiger partial charge in [0.15, 0.2) is 11.5 Å². The van der Waals surface area contributed by atoms with Crippen molar-refractivity contribution in [2.75, 3.05) is 0 Å². The van der Waals surface area contributed by atoms with Gasteiger partial charge in [0.25, 0.3) is 0 Å². The summed E-state index contributed by atoms with van der Waals surface area (Å²) in [7, 11) is -4.63. The molecule has 0 aliphatic heterocycles. The lowest BCUT2D eigenvalue weighted by Gasteiger charge is -2.20. The van der Waals surface area contributed by atoms with Gasteiger partial charge in [-0.2, -0.15) is 0 Å². The Balaban J connectivity index is 3.06. The molecular formula is C10H15O5P. The van der Waals surface area contributed by atoms with Crippen molar-refractivity contribution in [1.29, 1.82) is 0 Å². The van der Waals surface area contributed by atoms with Crippen LogP contribution in [-0.4, -0.2) is 14.9 Å². The predicted molar refractivity (Wildman–Crippen MR) is 59.5 cm³/mol. The second kappa shape index (κ2) is 4.09. The quantitative estimate of drug-likeness (QED) is 0.696. The average Bonchev–Trinajstić information content (AvgIpc) is 2.04. The van der Waals surface area contributed by atoms with Gasteiger partial charge >= 0.3 is 7.82 Å². The smallest absolute Gasteiger partial charge is 0.504 e. The van der Waals surface area contributed by atoms with Crippen LogP contribution in [-0.2, 0) is 9.98 Å². The maximum atomic E-state index is 10.6. The van der Waals surface area contributed by atoms with E-state index in [1.807, 2.05) is 20.8 Å². The van der Waals surface area contributed by atoms with Gasteiger partial charge < -0.3 is 9.63 Å². The van der Waals surface area contributed by atoms with E-state index in [-0.39, 0.29) is 16.9 Å². The molecule has 90 valence electrons. The van der Waals surface area contributed by atoms with Gasteiger partial charge in [0.1, 0.15) is 0 Å². The maximum Gasteiger partial charge on any atom is 0.524 e. The molecule has 3 N–H and O–H groups in total. The van der Waals surface area contributed by atoms with Crippen molar-refractivity contribution >= 4 is 7.82 Å². The Kier molecular flexibility index (Phi) is 3.33. The van der Waals surface area contributed by atoms with Crippen molar-refractivity contribution in [3.63, 3.8) is 0 Å². The molecule has 0 atom stereocenters. The Morgan fingerprint density at radius 3 is 2.19 bits per heavy atom. The van der Waals surface area contributed by atoms with Crippen LogP contribution in [0.4, 0.5) is 0 Å². The third-order valence-electron chi connectivity index (χ3n) is 2.04. The molecule has 1 aromatic rings. The molecule has 0 saturated heterocycles. The highest BCUT2D eigenvalue weighted by atomic mass is 31.2. The van der Waals surface area contributed by atoms with E-state index in [1.54, 1.807) is 6.07 Å². The van der Waals surface area contributed by atoms with Gasteiger partial charge in [-0.05, 0) is 23.1 Å². The molecule has 0 amide bonds. The van der Waals surface area contributed by atoms with Gasteiger partial charge in [-0.15, -0.1) is 0 Å². The fourth-order valence-corrected chi connectivity index (χ4v) is 1.60. The summed E-state index contributed by atoms with van der Waals surface area (Å²) in [5.74, 6) is -0.503. The summed E-state index contributed by atoms with van der Waals surface area (Å²) in [5.41, 5.74) is 0.695. The first kappa shape index (κ1) is 13.0. The van der Waals surface area contributed by atoms with Crippen molar-refractivity contribution in [2.24, 2.45) is 0 Å². The lowest BCUT2D eigenvalue weighted by Crippen LogP contribution is -2.10. The topological polar surface area (TPSA) is 87.0 Å². The standard InChI is InChI=1S/C10H15O5P/c1-10(2,3)7-4-5-9(8(11)6-7)15-16(12,13)14/h4-6,11H,1-3H3,(H2,12,13,14). The van der Waals surface area contributed by atoms with E-state index >= 15 is 0 Å². The van der Waals surface area contributed by atoms with Crippen molar-refractivity contribution in [3.8, 4) is 11.5 Å².